The van der Waals surface area contributed by atoms with E-state index >= 15 is 0 Å². The van der Waals surface area contributed by atoms with Crippen LogP contribution in [0.2, 0.25) is 0 Å². The number of esters is 1. The van der Waals surface area contributed by atoms with Crippen molar-refractivity contribution in [3.8, 4) is 11.5 Å². The molecule has 2 N–H and O–H groups in total. The molecule has 3 aromatic carbocycles. The van der Waals surface area contributed by atoms with E-state index in [1.165, 1.54) is 0 Å². The van der Waals surface area contributed by atoms with E-state index in [4.69, 9.17) is 15.2 Å². The molecule has 0 aliphatic carbocycles. The van der Waals surface area contributed by atoms with E-state index in [0.717, 1.165) is 16.9 Å². The Hall–Kier alpha value is -3.11. The van der Waals surface area contributed by atoms with Crippen molar-refractivity contribution in [3.05, 3.63) is 96.1 Å². The Morgan fingerprint density at radius 1 is 0.808 bits per heavy atom. The number of ether oxygens (including phenoxy) is 2. The van der Waals surface area contributed by atoms with Crippen LogP contribution in [0.25, 0.3) is 0 Å². The largest absolute Gasteiger partial charge is 0.460 e. The molecule has 0 aliphatic heterocycles. The van der Waals surface area contributed by atoms with E-state index in [-0.39, 0.29) is 6.61 Å². The van der Waals surface area contributed by atoms with Gasteiger partial charge in [0.05, 0.1) is 0 Å². The lowest BCUT2D eigenvalue weighted by molar-refractivity contribution is -0.146. The summed E-state index contributed by atoms with van der Waals surface area (Å²) in [7, 11) is 0. The van der Waals surface area contributed by atoms with E-state index in [1.807, 2.05) is 84.9 Å². The van der Waals surface area contributed by atoms with Gasteiger partial charge in [-0.1, -0.05) is 60.7 Å². The summed E-state index contributed by atoms with van der Waals surface area (Å²) in [6, 6.07) is 25.9. The van der Waals surface area contributed by atoms with Crippen molar-refractivity contribution < 1.29 is 14.3 Å². The molecular weight excluding hydrogens is 326 g/mol. The van der Waals surface area contributed by atoms with E-state index in [1.54, 1.807) is 0 Å². The normalized spacial score (nSPS) is 11.6. The van der Waals surface area contributed by atoms with Crippen molar-refractivity contribution in [2.45, 2.75) is 19.1 Å². The predicted octanol–water partition coefficient (Wildman–Crippen LogP) is 4.09. The number of hydrogen-bond donors (Lipinski definition) is 1. The Morgan fingerprint density at radius 2 is 1.42 bits per heavy atom. The lowest BCUT2D eigenvalue weighted by Gasteiger charge is -2.13. The minimum atomic E-state index is -0.717. The summed E-state index contributed by atoms with van der Waals surface area (Å²) in [5.41, 5.74) is 7.86. The molecule has 1 unspecified atom stereocenters. The molecule has 0 saturated carbocycles. The lowest BCUT2D eigenvalue weighted by Crippen LogP contribution is -2.34. The number of rotatable bonds is 7. The Kier molecular flexibility index (Phi) is 6.01. The van der Waals surface area contributed by atoms with E-state index in [0.29, 0.717) is 12.2 Å². The summed E-state index contributed by atoms with van der Waals surface area (Å²) in [6.07, 6.45) is 0.389. The third-order valence-corrected chi connectivity index (χ3v) is 3.86. The van der Waals surface area contributed by atoms with Gasteiger partial charge in [-0.05, 0) is 41.8 Å². The van der Waals surface area contributed by atoms with E-state index < -0.39 is 12.0 Å². The summed E-state index contributed by atoms with van der Waals surface area (Å²) >= 11 is 0. The Labute approximate surface area is 153 Å². The summed E-state index contributed by atoms with van der Waals surface area (Å²) < 4.78 is 11.1. The van der Waals surface area contributed by atoms with Crippen molar-refractivity contribution in [2.24, 2.45) is 5.73 Å². The maximum absolute atomic E-state index is 12.1. The standard InChI is InChI=1S/C22H21NO3/c23-21(22(24)25-16-17-8-3-1-4-9-17)15-18-10-7-13-20(14-18)26-19-11-5-2-6-12-19/h1-14,21H,15-16,23H2. The van der Waals surface area contributed by atoms with Gasteiger partial charge >= 0.3 is 5.97 Å². The van der Waals surface area contributed by atoms with Crippen LogP contribution < -0.4 is 10.5 Å². The van der Waals surface area contributed by atoms with Crippen LogP contribution in [0.4, 0.5) is 0 Å². The van der Waals surface area contributed by atoms with Crippen molar-refractivity contribution >= 4 is 5.97 Å². The topological polar surface area (TPSA) is 61.5 Å². The first-order valence-corrected chi connectivity index (χ1v) is 8.49. The molecule has 1 atom stereocenters. The quantitative estimate of drug-likeness (QED) is 0.654. The fourth-order valence-corrected chi connectivity index (χ4v) is 2.53. The highest BCUT2D eigenvalue weighted by Gasteiger charge is 2.16. The summed E-state index contributed by atoms with van der Waals surface area (Å²) in [4.78, 5) is 12.1. The Morgan fingerprint density at radius 3 is 2.15 bits per heavy atom. The van der Waals surface area contributed by atoms with Crippen LogP contribution in [0.5, 0.6) is 11.5 Å². The highest BCUT2D eigenvalue weighted by molar-refractivity contribution is 5.75. The second-order valence-corrected chi connectivity index (χ2v) is 5.97. The highest BCUT2D eigenvalue weighted by Crippen LogP contribution is 2.22. The zero-order chi connectivity index (χ0) is 18.2. The molecule has 0 spiro atoms. The zero-order valence-corrected chi connectivity index (χ0v) is 14.4. The third kappa shape index (κ3) is 5.19. The molecule has 0 heterocycles. The molecule has 3 aromatic rings. The van der Waals surface area contributed by atoms with Crippen LogP contribution in [-0.4, -0.2) is 12.0 Å². The monoisotopic (exact) mass is 347 g/mol. The number of benzene rings is 3. The van der Waals surface area contributed by atoms with Crippen LogP contribution in [0.15, 0.2) is 84.9 Å². The van der Waals surface area contributed by atoms with Gasteiger partial charge in [0.25, 0.3) is 0 Å². The van der Waals surface area contributed by atoms with Crippen LogP contribution in [0.1, 0.15) is 11.1 Å². The summed E-state index contributed by atoms with van der Waals surface area (Å²) in [5.74, 6) is 1.05. The minimum Gasteiger partial charge on any atom is -0.460 e. The first-order chi connectivity index (χ1) is 12.7. The average molecular weight is 347 g/mol. The molecule has 0 radical (unpaired) electrons. The van der Waals surface area contributed by atoms with Crippen LogP contribution in [0.3, 0.4) is 0 Å². The first-order valence-electron chi connectivity index (χ1n) is 8.49. The summed E-state index contributed by atoms with van der Waals surface area (Å²) in [6.45, 7) is 0.227. The molecule has 4 heteroatoms. The van der Waals surface area contributed by atoms with Gasteiger partial charge in [0.15, 0.2) is 0 Å². The molecule has 0 fully saturated rings. The minimum absolute atomic E-state index is 0.227. The molecule has 3 rings (SSSR count). The molecule has 0 amide bonds. The fourth-order valence-electron chi connectivity index (χ4n) is 2.53. The van der Waals surface area contributed by atoms with Gasteiger partial charge < -0.3 is 15.2 Å². The maximum atomic E-state index is 12.1. The molecule has 0 bridgehead atoms. The third-order valence-electron chi connectivity index (χ3n) is 3.86. The van der Waals surface area contributed by atoms with Gasteiger partial charge in [-0.3, -0.25) is 4.79 Å². The molecule has 0 saturated heterocycles. The predicted molar refractivity (Wildman–Crippen MR) is 101 cm³/mol. The molecule has 0 aliphatic rings. The first kappa shape index (κ1) is 17.7. The summed E-state index contributed by atoms with van der Waals surface area (Å²) in [5, 5.41) is 0. The molecule has 132 valence electrons. The fraction of sp³-hybridized carbons (Fsp3) is 0.136. The number of hydrogen-bond acceptors (Lipinski definition) is 4. The number of para-hydroxylation sites is 1. The Balaban J connectivity index is 1.56. The van der Waals surface area contributed by atoms with Gasteiger partial charge in [-0.2, -0.15) is 0 Å². The lowest BCUT2D eigenvalue weighted by atomic mass is 10.1. The number of carbonyl (C=O) groups is 1. The maximum Gasteiger partial charge on any atom is 0.323 e. The molecular formula is C22H21NO3. The molecule has 4 nitrogen and oxygen atoms in total. The smallest absolute Gasteiger partial charge is 0.323 e. The highest BCUT2D eigenvalue weighted by atomic mass is 16.5. The molecule has 26 heavy (non-hydrogen) atoms. The average Bonchev–Trinajstić information content (AvgIpc) is 2.68. The second-order valence-electron chi connectivity index (χ2n) is 5.97. The second kappa shape index (κ2) is 8.83. The van der Waals surface area contributed by atoms with Gasteiger partial charge in [0.2, 0.25) is 0 Å². The van der Waals surface area contributed by atoms with Gasteiger partial charge in [0, 0.05) is 0 Å². The van der Waals surface area contributed by atoms with Crippen LogP contribution in [-0.2, 0) is 22.6 Å². The number of carbonyl (C=O) groups excluding carboxylic acids is 1. The van der Waals surface area contributed by atoms with Gasteiger partial charge in [0.1, 0.15) is 24.1 Å². The van der Waals surface area contributed by atoms with Crippen LogP contribution in [0, 0.1) is 0 Å². The van der Waals surface area contributed by atoms with E-state index in [9.17, 15) is 4.79 Å². The van der Waals surface area contributed by atoms with Crippen LogP contribution >= 0.6 is 0 Å². The van der Waals surface area contributed by atoms with Gasteiger partial charge in [-0.25, -0.2) is 0 Å². The number of nitrogens with two attached hydrogens (primary N) is 1. The van der Waals surface area contributed by atoms with Crippen molar-refractivity contribution in [2.75, 3.05) is 0 Å². The zero-order valence-electron chi connectivity index (χ0n) is 14.4. The molecule has 0 aromatic heterocycles. The SMILES string of the molecule is NC(Cc1cccc(Oc2ccccc2)c1)C(=O)OCc1ccccc1. The van der Waals surface area contributed by atoms with Crippen molar-refractivity contribution in [1.82, 2.24) is 0 Å². The van der Waals surface area contributed by atoms with E-state index in [2.05, 4.69) is 0 Å². The van der Waals surface area contributed by atoms with Gasteiger partial charge in [-0.15, -0.1) is 0 Å². The van der Waals surface area contributed by atoms with Crippen molar-refractivity contribution in [1.29, 1.82) is 0 Å². The van der Waals surface area contributed by atoms with Crippen molar-refractivity contribution in [3.63, 3.8) is 0 Å². The Bertz CT molecular complexity index is 834.